The van der Waals surface area contributed by atoms with Crippen LogP contribution in [0.5, 0.6) is 5.75 Å². The minimum atomic E-state index is -4.49. The molecule has 0 amide bonds. The number of alkyl halides is 3. The molecule has 22 heavy (non-hydrogen) atoms. The number of nitro benzene ring substituents is 1. The Morgan fingerprint density at radius 1 is 1.18 bits per heavy atom. The van der Waals surface area contributed by atoms with E-state index in [1.807, 2.05) is 0 Å². The predicted octanol–water partition coefficient (Wildman–Crippen LogP) is 4.37. The lowest BCUT2D eigenvalue weighted by Gasteiger charge is -2.11. The van der Waals surface area contributed by atoms with Crippen molar-refractivity contribution < 1.29 is 22.8 Å². The number of nitro groups is 1. The number of nitrogens with one attached hydrogen (secondary N) is 1. The smallest absolute Gasteiger partial charge is 0.416 e. The van der Waals surface area contributed by atoms with E-state index in [1.54, 1.807) is 0 Å². The van der Waals surface area contributed by atoms with E-state index in [0.29, 0.717) is 5.75 Å². The summed E-state index contributed by atoms with van der Waals surface area (Å²) in [5.41, 5.74) is -0.976. The second kappa shape index (κ2) is 5.92. The molecule has 0 saturated heterocycles. The normalized spacial score (nSPS) is 11.1. The van der Waals surface area contributed by atoms with Gasteiger partial charge >= 0.3 is 6.18 Å². The summed E-state index contributed by atoms with van der Waals surface area (Å²) in [5.74, 6) is 0.347. The lowest BCUT2D eigenvalue weighted by molar-refractivity contribution is -0.383. The predicted molar refractivity (Wildman–Crippen MR) is 74.4 cm³/mol. The van der Waals surface area contributed by atoms with E-state index in [4.69, 9.17) is 4.74 Å². The van der Waals surface area contributed by atoms with Gasteiger partial charge in [-0.25, -0.2) is 0 Å². The Morgan fingerprint density at radius 3 is 2.50 bits per heavy atom. The van der Waals surface area contributed by atoms with Crippen LogP contribution in [0.15, 0.2) is 42.5 Å². The van der Waals surface area contributed by atoms with Gasteiger partial charge in [-0.1, -0.05) is 6.07 Å². The van der Waals surface area contributed by atoms with Gasteiger partial charge in [0.1, 0.15) is 11.4 Å². The minimum absolute atomic E-state index is 0.0451. The average Bonchev–Trinajstić information content (AvgIpc) is 2.46. The minimum Gasteiger partial charge on any atom is -0.497 e. The maximum absolute atomic E-state index is 12.7. The fourth-order valence-electron chi connectivity index (χ4n) is 1.83. The number of halogens is 3. The van der Waals surface area contributed by atoms with Crippen molar-refractivity contribution in [3.05, 3.63) is 58.1 Å². The molecular weight excluding hydrogens is 301 g/mol. The number of hydrogen-bond donors (Lipinski definition) is 1. The quantitative estimate of drug-likeness (QED) is 0.672. The monoisotopic (exact) mass is 312 g/mol. The van der Waals surface area contributed by atoms with Crippen molar-refractivity contribution in [3.63, 3.8) is 0 Å². The van der Waals surface area contributed by atoms with Crippen LogP contribution in [0.25, 0.3) is 0 Å². The molecule has 0 saturated carbocycles. The SMILES string of the molecule is COc1ccc([N+](=O)[O-])c(Nc2cccc(C(F)(F)F)c2)c1. The van der Waals surface area contributed by atoms with Crippen molar-refractivity contribution in [3.8, 4) is 5.75 Å². The second-order valence-electron chi connectivity index (χ2n) is 4.34. The van der Waals surface area contributed by atoms with Crippen LogP contribution in [0.1, 0.15) is 5.56 Å². The number of methoxy groups -OCH3 is 1. The molecule has 0 bridgehead atoms. The van der Waals surface area contributed by atoms with Gasteiger partial charge in [0.25, 0.3) is 5.69 Å². The van der Waals surface area contributed by atoms with Crippen LogP contribution < -0.4 is 10.1 Å². The van der Waals surface area contributed by atoms with Gasteiger partial charge < -0.3 is 10.1 Å². The number of rotatable bonds is 4. The van der Waals surface area contributed by atoms with Crippen LogP contribution in [-0.4, -0.2) is 12.0 Å². The fourth-order valence-corrected chi connectivity index (χ4v) is 1.83. The van der Waals surface area contributed by atoms with E-state index in [2.05, 4.69) is 5.32 Å². The van der Waals surface area contributed by atoms with Crippen LogP contribution in [0.4, 0.5) is 30.2 Å². The molecule has 0 aliphatic rings. The Bertz CT molecular complexity index is 702. The molecule has 0 aliphatic heterocycles. The highest BCUT2D eigenvalue weighted by atomic mass is 19.4. The molecule has 2 aromatic rings. The molecular formula is C14H11F3N2O3. The zero-order chi connectivity index (χ0) is 16.3. The van der Waals surface area contributed by atoms with Gasteiger partial charge in [0.15, 0.2) is 0 Å². The van der Waals surface area contributed by atoms with Crippen molar-refractivity contribution in [2.45, 2.75) is 6.18 Å². The topological polar surface area (TPSA) is 64.4 Å². The molecule has 0 radical (unpaired) electrons. The molecule has 2 rings (SSSR count). The summed E-state index contributed by atoms with van der Waals surface area (Å²) in [5, 5.41) is 13.6. The number of hydrogen-bond acceptors (Lipinski definition) is 4. The van der Waals surface area contributed by atoms with Crippen LogP contribution in [-0.2, 0) is 6.18 Å². The molecule has 1 N–H and O–H groups in total. The largest absolute Gasteiger partial charge is 0.497 e. The third kappa shape index (κ3) is 3.46. The number of ether oxygens (including phenoxy) is 1. The van der Waals surface area contributed by atoms with Gasteiger partial charge in [-0.3, -0.25) is 10.1 Å². The van der Waals surface area contributed by atoms with Gasteiger partial charge in [0, 0.05) is 17.8 Å². The number of benzene rings is 2. The molecule has 0 aliphatic carbocycles. The second-order valence-corrected chi connectivity index (χ2v) is 4.34. The standard InChI is InChI=1S/C14H11F3N2O3/c1-22-11-5-6-13(19(20)21)12(8-11)18-10-4-2-3-9(7-10)14(15,16)17/h2-8,18H,1H3. The van der Waals surface area contributed by atoms with E-state index < -0.39 is 16.7 Å². The summed E-state index contributed by atoms with van der Waals surface area (Å²) >= 11 is 0. The van der Waals surface area contributed by atoms with Gasteiger partial charge in [-0.05, 0) is 24.3 Å². The molecule has 0 spiro atoms. The van der Waals surface area contributed by atoms with Gasteiger partial charge in [-0.15, -0.1) is 0 Å². The summed E-state index contributed by atoms with van der Waals surface area (Å²) in [6.45, 7) is 0. The fraction of sp³-hybridized carbons (Fsp3) is 0.143. The summed E-state index contributed by atoms with van der Waals surface area (Å²) in [6.07, 6.45) is -4.49. The van der Waals surface area contributed by atoms with Crippen molar-refractivity contribution in [1.82, 2.24) is 0 Å². The number of anilines is 2. The lowest BCUT2D eigenvalue weighted by atomic mass is 10.2. The van der Waals surface area contributed by atoms with Crippen molar-refractivity contribution in [1.29, 1.82) is 0 Å². The maximum Gasteiger partial charge on any atom is 0.416 e. The highest BCUT2D eigenvalue weighted by Crippen LogP contribution is 2.34. The van der Waals surface area contributed by atoms with Crippen LogP contribution in [0, 0.1) is 10.1 Å². The Kier molecular flexibility index (Phi) is 4.20. The summed E-state index contributed by atoms with van der Waals surface area (Å²) in [7, 11) is 1.38. The van der Waals surface area contributed by atoms with E-state index >= 15 is 0 Å². The van der Waals surface area contributed by atoms with E-state index in [9.17, 15) is 23.3 Å². The first-order valence-corrected chi connectivity index (χ1v) is 6.08. The molecule has 0 heterocycles. The van der Waals surface area contributed by atoms with Crippen molar-refractivity contribution in [2.24, 2.45) is 0 Å². The zero-order valence-corrected chi connectivity index (χ0v) is 11.3. The molecule has 0 aromatic heterocycles. The van der Waals surface area contributed by atoms with Crippen molar-refractivity contribution in [2.75, 3.05) is 12.4 Å². The highest BCUT2D eigenvalue weighted by Gasteiger charge is 2.30. The Balaban J connectivity index is 2.40. The molecule has 2 aromatic carbocycles. The molecule has 5 nitrogen and oxygen atoms in total. The Labute approximate surface area is 123 Å². The average molecular weight is 312 g/mol. The molecule has 116 valence electrons. The van der Waals surface area contributed by atoms with Crippen LogP contribution in [0.2, 0.25) is 0 Å². The zero-order valence-electron chi connectivity index (χ0n) is 11.3. The highest BCUT2D eigenvalue weighted by molar-refractivity contribution is 5.71. The van der Waals surface area contributed by atoms with E-state index in [1.165, 1.54) is 37.4 Å². The Hall–Kier alpha value is -2.77. The van der Waals surface area contributed by atoms with Gasteiger partial charge in [-0.2, -0.15) is 13.2 Å². The van der Waals surface area contributed by atoms with Crippen LogP contribution in [0.3, 0.4) is 0 Å². The Morgan fingerprint density at radius 2 is 1.91 bits per heavy atom. The third-order valence-electron chi connectivity index (χ3n) is 2.87. The number of nitrogens with zero attached hydrogens (tertiary/aromatic N) is 1. The summed E-state index contributed by atoms with van der Waals surface area (Å²) in [4.78, 5) is 10.4. The lowest BCUT2D eigenvalue weighted by Crippen LogP contribution is -2.05. The molecule has 0 fully saturated rings. The molecule has 0 unspecified atom stereocenters. The first-order valence-electron chi connectivity index (χ1n) is 6.08. The van der Waals surface area contributed by atoms with Crippen LogP contribution >= 0.6 is 0 Å². The first kappa shape index (κ1) is 15.6. The van der Waals surface area contributed by atoms with Crippen molar-refractivity contribution >= 4 is 17.1 Å². The summed E-state index contributed by atoms with van der Waals surface area (Å²) in [6, 6.07) is 8.37. The molecule has 8 heteroatoms. The van der Waals surface area contributed by atoms with Gasteiger partial charge in [0.05, 0.1) is 17.6 Å². The van der Waals surface area contributed by atoms with E-state index in [-0.39, 0.29) is 17.1 Å². The summed E-state index contributed by atoms with van der Waals surface area (Å²) < 4.78 is 43.0. The first-order chi connectivity index (χ1) is 10.3. The third-order valence-corrected chi connectivity index (χ3v) is 2.87. The van der Waals surface area contributed by atoms with Gasteiger partial charge in [0.2, 0.25) is 0 Å². The maximum atomic E-state index is 12.7. The van der Waals surface area contributed by atoms with E-state index in [0.717, 1.165) is 12.1 Å². The molecule has 0 atom stereocenters.